The van der Waals surface area contributed by atoms with Crippen LogP contribution in [0.1, 0.15) is 32.1 Å². The Balaban J connectivity index is 0.00000341. The molecule has 0 aromatic rings. The van der Waals surface area contributed by atoms with Gasteiger partial charge in [0.2, 0.25) is 5.91 Å². The van der Waals surface area contributed by atoms with Gasteiger partial charge >= 0.3 is 41.6 Å². The molecule has 31 heavy (non-hydrogen) atoms. The first-order chi connectivity index (χ1) is 14.2. The van der Waals surface area contributed by atoms with Gasteiger partial charge in [-0.1, -0.05) is 6.42 Å². The van der Waals surface area contributed by atoms with Crippen LogP contribution < -0.4 is 45.3 Å². The summed E-state index contributed by atoms with van der Waals surface area (Å²) < 4.78 is 5.02. The van der Waals surface area contributed by atoms with Gasteiger partial charge in [0, 0.05) is 23.5 Å². The van der Waals surface area contributed by atoms with Crippen molar-refractivity contribution < 1.29 is 63.5 Å². The fraction of sp³-hybridized carbons (Fsp3) is 0.647. The number of thioether (sulfide) groups is 1. The molecule has 1 saturated carbocycles. The molecule has 1 aliphatic carbocycles. The van der Waals surface area contributed by atoms with Gasteiger partial charge in [-0.05, 0) is 18.9 Å². The first-order valence-corrected chi connectivity index (χ1v) is 10.5. The van der Waals surface area contributed by atoms with E-state index in [4.69, 9.17) is 4.74 Å². The summed E-state index contributed by atoms with van der Waals surface area (Å²) in [7, 11) is 0. The molecule has 0 aromatic carbocycles. The minimum absolute atomic E-state index is 0. The summed E-state index contributed by atoms with van der Waals surface area (Å²) in [6.07, 6.45) is 3.96. The molecule has 2 aliphatic heterocycles. The molecule has 2 fully saturated rings. The Kier molecular flexibility index (Phi) is 8.74. The number of carbonyl (C=O) groups excluding carboxylic acids is 4. The number of carboxylic acid groups (broad SMARTS) is 1. The van der Waals surface area contributed by atoms with Crippen LogP contribution in [0.5, 0.6) is 0 Å². The molecule has 0 radical (unpaired) electrons. The normalized spacial score (nSPS) is 23.8. The van der Waals surface area contributed by atoms with Gasteiger partial charge < -0.3 is 20.0 Å². The van der Waals surface area contributed by atoms with Gasteiger partial charge in [-0.25, -0.2) is 4.79 Å². The molecule has 2 N–H and O–H groups in total. The number of fused-ring (bicyclic) bond motifs is 1. The monoisotopic (exact) mass is 464 g/mol. The summed E-state index contributed by atoms with van der Waals surface area (Å²) in [6, 6.07) is -0.844. The largest absolute Gasteiger partial charge is 1.00 e. The first kappa shape index (κ1) is 25.4. The number of nitrogens with zero attached hydrogens (tertiary/aromatic N) is 2. The van der Waals surface area contributed by atoms with E-state index in [1.807, 2.05) is 0 Å². The summed E-state index contributed by atoms with van der Waals surface area (Å²) >= 11 is 1.34. The van der Waals surface area contributed by atoms with E-state index in [1.165, 1.54) is 17.8 Å². The third kappa shape index (κ3) is 5.51. The Labute approximate surface area is 203 Å². The van der Waals surface area contributed by atoms with Crippen molar-refractivity contribution in [3.05, 3.63) is 21.9 Å². The molecule has 3 rings (SSSR count). The van der Waals surface area contributed by atoms with Crippen molar-refractivity contribution >= 4 is 35.6 Å². The van der Waals surface area contributed by atoms with Crippen LogP contribution in [-0.2, 0) is 19.1 Å². The smallest absolute Gasteiger partial charge is 0.543 e. The van der Waals surface area contributed by atoms with Crippen LogP contribution in [0.2, 0.25) is 0 Å². The minimum atomic E-state index is -1.53. The van der Waals surface area contributed by atoms with Crippen molar-refractivity contribution in [3.63, 3.8) is 0 Å². The number of nitrogens with one attached hydrogen (secondary N) is 2. The summed E-state index contributed by atoms with van der Waals surface area (Å²) in [5, 5.41) is 26.6. The number of rotatable bonds is 7. The first-order valence-electron chi connectivity index (χ1n) is 9.47. The second-order valence-electron chi connectivity index (χ2n) is 7.26. The number of urea groups is 1. The molecular formula is C17H21N4NaO8S. The van der Waals surface area contributed by atoms with Crippen molar-refractivity contribution in [2.75, 3.05) is 18.9 Å². The zero-order valence-corrected chi connectivity index (χ0v) is 19.8. The standard InChI is InChI=1S/C17H22N4O8S.Na/c22-12(8-18-16(26)19-17(21(27)28)5-2-1-3-6-17)29-9-10-13(23)20-11(15(24)25)4-7-30-14(10)20;/h4,10,14H,1-3,5-9H2,(H,24,25)(H2,18,19,26);/q;+1/p-1/t10?,14-;/m0./s1. The van der Waals surface area contributed by atoms with Crippen LogP contribution >= 0.6 is 11.8 Å². The van der Waals surface area contributed by atoms with Crippen LogP contribution in [0.4, 0.5) is 4.79 Å². The number of ether oxygens (including phenoxy) is 1. The third-order valence-electron chi connectivity index (χ3n) is 5.36. The van der Waals surface area contributed by atoms with E-state index in [1.54, 1.807) is 0 Å². The SMILES string of the molecule is O=C(NCC(=O)OCC1C(=O)N2C(C(=O)[O-])=CCS[C@@H]12)NC1([N+](=O)[O-])CCCCC1.[Na+]. The molecule has 3 amide bonds. The Hall–Kier alpha value is -1.83. The molecule has 1 saturated heterocycles. The van der Waals surface area contributed by atoms with Gasteiger partial charge in [0.25, 0.3) is 5.66 Å². The van der Waals surface area contributed by atoms with Crippen LogP contribution in [-0.4, -0.2) is 63.6 Å². The second-order valence-corrected chi connectivity index (χ2v) is 8.41. The predicted molar refractivity (Wildman–Crippen MR) is 100.0 cm³/mol. The minimum Gasteiger partial charge on any atom is -0.543 e. The number of β-lactam (4-membered cyclic amide) rings is 1. The zero-order chi connectivity index (χ0) is 21.9. The van der Waals surface area contributed by atoms with E-state index in [0.717, 1.165) is 11.3 Å². The van der Waals surface area contributed by atoms with E-state index in [9.17, 15) is 34.4 Å². The van der Waals surface area contributed by atoms with Crippen molar-refractivity contribution in [1.82, 2.24) is 15.5 Å². The summed E-state index contributed by atoms with van der Waals surface area (Å²) in [6.45, 7) is -0.777. The molecule has 0 spiro atoms. The molecule has 12 nitrogen and oxygen atoms in total. The van der Waals surface area contributed by atoms with E-state index < -0.39 is 52.3 Å². The topological polar surface area (TPSA) is 171 Å². The molecule has 164 valence electrons. The van der Waals surface area contributed by atoms with Crippen molar-refractivity contribution in [1.29, 1.82) is 0 Å². The van der Waals surface area contributed by atoms with Gasteiger partial charge in [-0.15, -0.1) is 11.8 Å². The quantitative estimate of drug-likeness (QED) is 0.0950. The molecular weight excluding hydrogens is 443 g/mol. The molecule has 14 heteroatoms. The summed E-state index contributed by atoms with van der Waals surface area (Å²) in [5.74, 6) is -3.03. The van der Waals surface area contributed by atoms with E-state index in [0.29, 0.717) is 18.6 Å². The Bertz CT molecular complexity index is 801. The number of esters is 1. The summed E-state index contributed by atoms with van der Waals surface area (Å²) in [4.78, 5) is 59.1. The second kappa shape index (κ2) is 10.7. The van der Waals surface area contributed by atoms with Crippen molar-refractivity contribution in [2.24, 2.45) is 5.92 Å². The fourth-order valence-electron chi connectivity index (χ4n) is 3.76. The summed E-state index contributed by atoms with van der Waals surface area (Å²) in [5.41, 5.74) is -1.72. The van der Waals surface area contributed by atoms with Gasteiger partial charge in [-0.3, -0.25) is 29.9 Å². The predicted octanol–water partition coefficient (Wildman–Crippen LogP) is -4.06. The number of hydrogen-bond acceptors (Lipinski definition) is 9. The molecule has 1 unspecified atom stereocenters. The van der Waals surface area contributed by atoms with Crippen LogP contribution in [0.25, 0.3) is 0 Å². The number of carboxylic acids is 1. The number of nitro groups is 1. The van der Waals surface area contributed by atoms with E-state index in [-0.39, 0.29) is 54.7 Å². The molecule has 2 atom stereocenters. The van der Waals surface area contributed by atoms with Gasteiger partial charge in [0.05, 0.1) is 17.0 Å². The number of hydrogen-bond donors (Lipinski definition) is 2. The van der Waals surface area contributed by atoms with E-state index in [2.05, 4.69) is 10.6 Å². The van der Waals surface area contributed by atoms with Gasteiger partial charge in [0.1, 0.15) is 19.1 Å². The average Bonchev–Trinajstić information content (AvgIpc) is 2.72. The van der Waals surface area contributed by atoms with Crippen molar-refractivity contribution in [3.8, 4) is 0 Å². The van der Waals surface area contributed by atoms with Crippen LogP contribution in [0.3, 0.4) is 0 Å². The Morgan fingerprint density at radius 1 is 1.29 bits per heavy atom. The molecule has 0 bridgehead atoms. The number of amides is 3. The molecule has 2 heterocycles. The number of aliphatic carboxylic acids is 1. The van der Waals surface area contributed by atoms with Crippen molar-refractivity contribution in [2.45, 2.75) is 43.1 Å². The maximum atomic E-state index is 12.2. The Morgan fingerprint density at radius 2 is 1.97 bits per heavy atom. The van der Waals surface area contributed by atoms with Crippen LogP contribution in [0, 0.1) is 16.0 Å². The fourth-order valence-corrected chi connectivity index (χ4v) is 5.01. The average molecular weight is 464 g/mol. The maximum Gasteiger partial charge on any atom is 1.00 e. The maximum absolute atomic E-state index is 12.2. The third-order valence-corrected chi connectivity index (χ3v) is 6.60. The van der Waals surface area contributed by atoms with Crippen LogP contribution in [0.15, 0.2) is 11.8 Å². The van der Waals surface area contributed by atoms with E-state index >= 15 is 0 Å². The zero-order valence-electron chi connectivity index (χ0n) is 17.0. The van der Waals surface area contributed by atoms with Gasteiger partial charge in [-0.2, -0.15) is 0 Å². The molecule has 0 aromatic heterocycles. The van der Waals surface area contributed by atoms with Gasteiger partial charge in [0.15, 0.2) is 0 Å². The number of carbonyl (C=O) groups is 4. The molecule has 3 aliphatic rings. The Morgan fingerprint density at radius 3 is 2.58 bits per heavy atom.